The first kappa shape index (κ1) is 9.27. The fourth-order valence-corrected chi connectivity index (χ4v) is 1.51. The van der Waals surface area contributed by atoms with Crippen LogP contribution in [0, 0.1) is 5.82 Å². The van der Waals surface area contributed by atoms with E-state index < -0.39 is 18.0 Å². The number of halogens is 2. The maximum Gasteiger partial charge on any atom is 0.407 e. The third-order valence-electron chi connectivity index (χ3n) is 2.01. The van der Waals surface area contributed by atoms with Crippen LogP contribution in [-0.4, -0.2) is 12.7 Å². The van der Waals surface area contributed by atoms with Crippen molar-refractivity contribution < 1.29 is 13.9 Å². The summed E-state index contributed by atoms with van der Waals surface area (Å²) in [6, 6.07) is 3.76. The molecule has 1 atom stereocenters. The smallest absolute Gasteiger partial charge is 0.407 e. The number of rotatable bonds is 1. The van der Waals surface area contributed by atoms with Crippen molar-refractivity contribution in [2.75, 3.05) is 6.61 Å². The Kier molecular flexibility index (Phi) is 2.29. The van der Waals surface area contributed by atoms with Crippen LogP contribution in [0.25, 0.3) is 0 Å². The predicted molar refractivity (Wildman–Crippen MR) is 48.6 cm³/mol. The fourth-order valence-electron chi connectivity index (χ4n) is 1.33. The Morgan fingerprint density at radius 2 is 2.36 bits per heavy atom. The van der Waals surface area contributed by atoms with E-state index in [4.69, 9.17) is 11.6 Å². The van der Waals surface area contributed by atoms with Gasteiger partial charge in [-0.1, -0.05) is 11.6 Å². The largest absolute Gasteiger partial charge is 0.447 e. The second-order valence-electron chi connectivity index (χ2n) is 2.96. The molecule has 2 rings (SSSR count). The summed E-state index contributed by atoms with van der Waals surface area (Å²) in [5, 5.41) is 2.91. The molecule has 0 spiro atoms. The summed E-state index contributed by atoms with van der Waals surface area (Å²) in [4.78, 5) is 10.7. The highest BCUT2D eigenvalue weighted by Crippen LogP contribution is 2.24. The second-order valence-corrected chi connectivity index (χ2v) is 3.40. The van der Waals surface area contributed by atoms with Gasteiger partial charge in [0.05, 0.1) is 6.04 Å². The van der Waals surface area contributed by atoms with Crippen molar-refractivity contribution in [1.82, 2.24) is 5.32 Å². The normalized spacial score (nSPS) is 20.4. The molecule has 0 bridgehead atoms. The summed E-state index contributed by atoms with van der Waals surface area (Å²) in [5.41, 5.74) is 0.350. The van der Waals surface area contributed by atoms with E-state index in [1.54, 1.807) is 0 Å². The van der Waals surface area contributed by atoms with Crippen molar-refractivity contribution in [2.24, 2.45) is 0 Å². The van der Waals surface area contributed by atoms with E-state index in [1.165, 1.54) is 18.2 Å². The van der Waals surface area contributed by atoms with E-state index in [1.807, 2.05) is 0 Å². The minimum absolute atomic E-state index is 0.135. The predicted octanol–water partition coefficient (Wildman–Crippen LogP) is 2.26. The SMILES string of the molecule is O=C1NC(c2cc(Cl)ccc2F)CO1. The molecule has 1 aliphatic rings. The topological polar surface area (TPSA) is 38.3 Å². The molecule has 1 N–H and O–H groups in total. The van der Waals surface area contributed by atoms with Crippen LogP contribution in [-0.2, 0) is 4.74 Å². The van der Waals surface area contributed by atoms with Gasteiger partial charge in [0, 0.05) is 10.6 Å². The molecular formula is C9H7ClFNO2. The van der Waals surface area contributed by atoms with E-state index in [-0.39, 0.29) is 6.61 Å². The van der Waals surface area contributed by atoms with Gasteiger partial charge in [-0.3, -0.25) is 0 Å². The lowest BCUT2D eigenvalue weighted by Gasteiger charge is -2.08. The van der Waals surface area contributed by atoms with Gasteiger partial charge >= 0.3 is 6.09 Å². The van der Waals surface area contributed by atoms with Crippen molar-refractivity contribution in [3.05, 3.63) is 34.6 Å². The van der Waals surface area contributed by atoms with Gasteiger partial charge < -0.3 is 10.1 Å². The summed E-state index contributed by atoms with van der Waals surface area (Å²) in [6.45, 7) is 0.135. The summed E-state index contributed by atoms with van der Waals surface area (Å²) >= 11 is 5.71. The average Bonchev–Trinajstić information content (AvgIpc) is 2.56. The summed E-state index contributed by atoms with van der Waals surface area (Å²) in [7, 11) is 0. The van der Waals surface area contributed by atoms with Gasteiger partial charge in [-0.2, -0.15) is 0 Å². The maximum atomic E-state index is 13.3. The van der Waals surface area contributed by atoms with Crippen LogP contribution in [0.2, 0.25) is 5.02 Å². The van der Waals surface area contributed by atoms with Crippen molar-refractivity contribution in [3.63, 3.8) is 0 Å². The van der Waals surface area contributed by atoms with Crippen molar-refractivity contribution in [3.8, 4) is 0 Å². The summed E-state index contributed by atoms with van der Waals surface area (Å²) in [5.74, 6) is -0.398. The molecule has 0 aromatic heterocycles. The van der Waals surface area contributed by atoms with E-state index >= 15 is 0 Å². The maximum absolute atomic E-state index is 13.3. The highest BCUT2D eigenvalue weighted by Gasteiger charge is 2.26. The molecule has 0 saturated carbocycles. The third-order valence-corrected chi connectivity index (χ3v) is 2.24. The van der Waals surface area contributed by atoms with Crippen molar-refractivity contribution in [2.45, 2.75) is 6.04 Å². The zero-order chi connectivity index (χ0) is 10.1. The molecule has 1 aromatic rings. The summed E-state index contributed by atoms with van der Waals surface area (Å²) < 4.78 is 17.9. The number of carbonyl (C=O) groups excluding carboxylic acids is 1. The zero-order valence-electron chi connectivity index (χ0n) is 7.09. The Balaban J connectivity index is 2.31. The Hall–Kier alpha value is -1.29. The van der Waals surface area contributed by atoms with Gasteiger partial charge in [0.2, 0.25) is 0 Å². The average molecular weight is 216 g/mol. The van der Waals surface area contributed by atoms with Gasteiger partial charge in [-0.25, -0.2) is 9.18 Å². The first-order chi connectivity index (χ1) is 6.66. The number of ether oxygens (including phenoxy) is 1. The Labute approximate surface area is 84.8 Å². The van der Waals surface area contributed by atoms with Crippen molar-refractivity contribution >= 4 is 17.7 Å². The number of benzene rings is 1. The summed E-state index contributed by atoms with van der Waals surface area (Å²) in [6.07, 6.45) is -0.533. The minimum atomic E-state index is -0.533. The second kappa shape index (κ2) is 3.46. The fraction of sp³-hybridized carbons (Fsp3) is 0.222. The molecule has 3 nitrogen and oxygen atoms in total. The van der Waals surface area contributed by atoms with Gasteiger partial charge in [0.25, 0.3) is 0 Å². The van der Waals surface area contributed by atoms with Crippen LogP contribution in [0.3, 0.4) is 0 Å². The number of carbonyl (C=O) groups is 1. The molecule has 0 aliphatic carbocycles. The number of cyclic esters (lactones) is 1. The Morgan fingerprint density at radius 3 is 3.00 bits per heavy atom. The van der Waals surface area contributed by atoms with Gasteiger partial charge in [0.1, 0.15) is 12.4 Å². The molecule has 0 radical (unpaired) electrons. The Bertz CT molecular complexity index is 383. The number of alkyl carbamates (subject to hydrolysis) is 1. The molecule has 1 unspecified atom stereocenters. The number of nitrogens with one attached hydrogen (secondary N) is 1. The van der Waals surface area contributed by atoms with Gasteiger partial charge in [-0.15, -0.1) is 0 Å². The first-order valence-corrected chi connectivity index (χ1v) is 4.43. The quantitative estimate of drug-likeness (QED) is 0.781. The molecule has 1 amide bonds. The standard InChI is InChI=1S/C9H7ClFNO2/c10-5-1-2-7(11)6(3-5)8-4-14-9(13)12-8/h1-3,8H,4H2,(H,12,13). The van der Waals surface area contributed by atoms with E-state index in [2.05, 4.69) is 10.1 Å². The zero-order valence-corrected chi connectivity index (χ0v) is 7.84. The molecular weight excluding hydrogens is 209 g/mol. The van der Waals surface area contributed by atoms with Crippen molar-refractivity contribution in [1.29, 1.82) is 0 Å². The minimum Gasteiger partial charge on any atom is -0.447 e. The lowest BCUT2D eigenvalue weighted by molar-refractivity contribution is 0.177. The Morgan fingerprint density at radius 1 is 1.57 bits per heavy atom. The molecule has 1 fully saturated rings. The number of hydrogen-bond acceptors (Lipinski definition) is 2. The van der Waals surface area contributed by atoms with Gasteiger partial charge in [-0.05, 0) is 18.2 Å². The lowest BCUT2D eigenvalue weighted by atomic mass is 10.1. The molecule has 5 heteroatoms. The first-order valence-electron chi connectivity index (χ1n) is 4.05. The van der Waals surface area contributed by atoms with E-state index in [0.717, 1.165) is 0 Å². The van der Waals surface area contributed by atoms with Crippen LogP contribution in [0.15, 0.2) is 18.2 Å². The van der Waals surface area contributed by atoms with Crippen LogP contribution in [0.1, 0.15) is 11.6 Å². The monoisotopic (exact) mass is 215 g/mol. The highest BCUT2D eigenvalue weighted by molar-refractivity contribution is 6.30. The van der Waals surface area contributed by atoms with Crippen LogP contribution in [0.4, 0.5) is 9.18 Å². The molecule has 14 heavy (non-hydrogen) atoms. The molecule has 1 aromatic carbocycles. The number of hydrogen-bond donors (Lipinski definition) is 1. The van der Waals surface area contributed by atoms with Crippen LogP contribution in [0.5, 0.6) is 0 Å². The van der Waals surface area contributed by atoms with Crippen LogP contribution >= 0.6 is 11.6 Å². The molecule has 1 heterocycles. The molecule has 74 valence electrons. The molecule has 1 aliphatic heterocycles. The highest BCUT2D eigenvalue weighted by atomic mass is 35.5. The van der Waals surface area contributed by atoms with Crippen LogP contribution < -0.4 is 5.32 Å². The lowest BCUT2D eigenvalue weighted by Crippen LogP contribution is -2.19. The third kappa shape index (κ3) is 1.65. The van der Waals surface area contributed by atoms with Gasteiger partial charge in [0.15, 0.2) is 0 Å². The number of amides is 1. The van der Waals surface area contributed by atoms with E-state index in [9.17, 15) is 9.18 Å². The van der Waals surface area contributed by atoms with E-state index in [0.29, 0.717) is 10.6 Å². The molecule has 1 saturated heterocycles.